The molecule has 10 rings (SSSR count). The molecular formula is C51H60F2N8O6. The summed E-state index contributed by atoms with van der Waals surface area (Å²) in [5.74, 6) is -1.58. The Morgan fingerprint density at radius 2 is 1.45 bits per heavy atom. The quantitative estimate of drug-likeness (QED) is 0.183. The minimum Gasteiger partial charge on any atom is -0.503 e. The number of hydrogen-bond donors (Lipinski definition) is 2. The van der Waals surface area contributed by atoms with Crippen LogP contribution in [-0.4, -0.2) is 122 Å². The molecule has 5 saturated heterocycles. The van der Waals surface area contributed by atoms with Gasteiger partial charge in [0, 0.05) is 107 Å². The van der Waals surface area contributed by atoms with Crippen LogP contribution in [0.1, 0.15) is 91.7 Å². The molecule has 0 aromatic heterocycles. The highest BCUT2D eigenvalue weighted by Crippen LogP contribution is 2.62. The van der Waals surface area contributed by atoms with Gasteiger partial charge < -0.3 is 34.3 Å². The van der Waals surface area contributed by atoms with Crippen molar-refractivity contribution in [3.05, 3.63) is 76.9 Å². The summed E-state index contributed by atoms with van der Waals surface area (Å²) in [6, 6.07) is 14.3. The van der Waals surface area contributed by atoms with E-state index in [1.54, 1.807) is 11.0 Å². The average molecular weight is 919 g/mol. The molecule has 1 spiro atoms. The number of phenols is 1. The maximum atomic E-state index is 16.4. The number of piperidine rings is 3. The highest BCUT2D eigenvalue weighted by atomic mass is 19.1. The average Bonchev–Trinajstić information content (AvgIpc) is 3.67. The molecule has 0 unspecified atom stereocenters. The molecule has 16 heteroatoms. The number of rotatable bonds is 10. The summed E-state index contributed by atoms with van der Waals surface area (Å²) in [7, 11) is 1.53. The number of fused-ring (bicyclic) bond motifs is 1. The second kappa shape index (κ2) is 18.4. The van der Waals surface area contributed by atoms with Crippen LogP contribution in [0, 0.1) is 46.1 Å². The van der Waals surface area contributed by atoms with Gasteiger partial charge in [0.25, 0.3) is 5.91 Å². The lowest BCUT2D eigenvalue weighted by Gasteiger charge is -2.58. The maximum absolute atomic E-state index is 16.4. The number of carbonyl (C=O) groups is 4. The molecule has 1 aliphatic carbocycles. The number of amides is 4. The van der Waals surface area contributed by atoms with Crippen molar-refractivity contribution in [1.82, 2.24) is 20.0 Å². The summed E-state index contributed by atoms with van der Waals surface area (Å²) in [6.45, 7) is 9.98. The molecule has 0 radical (unpaired) electrons. The van der Waals surface area contributed by atoms with Crippen molar-refractivity contribution in [3.8, 4) is 17.6 Å². The largest absolute Gasteiger partial charge is 0.503 e. The molecule has 0 bridgehead atoms. The molecule has 3 aromatic rings. The van der Waals surface area contributed by atoms with Gasteiger partial charge in [-0.15, -0.1) is 0 Å². The lowest BCUT2D eigenvalue weighted by atomic mass is 9.58. The molecule has 3 aromatic carbocycles. The number of imide groups is 1. The zero-order valence-corrected chi connectivity index (χ0v) is 38.2. The maximum Gasteiger partial charge on any atom is 0.255 e. The van der Waals surface area contributed by atoms with Gasteiger partial charge in [-0.2, -0.15) is 5.26 Å². The number of anilines is 3. The van der Waals surface area contributed by atoms with E-state index in [9.17, 15) is 33.9 Å². The monoisotopic (exact) mass is 918 g/mol. The molecule has 354 valence electrons. The molecule has 6 aliphatic heterocycles. The number of methoxy groups -OCH3 is 1. The third kappa shape index (κ3) is 8.36. The van der Waals surface area contributed by atoms with Gasteiger partial charge in [-0.25, -0.2) is 8.78 Å². The van der Waals surface area contributed by atoms with Crippen LogP contribution in [0.25, 0.3) is 0 Å². The van der Waals surface area contributed by atoms with Crippen molar-refractivity contribution in [1.29, 1.82) is 5.26 Å². The Bertz CT molecular complexity index is 2470. The Morgan fingerprint density at radius 3 is 2.07 bits per heavy atom. The van der Waals surface area contributed by atoms with Gasteiger partial charge in [0.1, 0.15) is 17.6 Å². The van der Waals surface area contributed by atoms with Crippen molar-refractivity contribution in [2.24, 2.45) is 23.2 Å². The van der Waals surface area contributed by atoms with Crippen LogP contribution in [0.2, 0.25) is 0 Å². The van der Waals surface area contributed by atoms with Gasteiger partial charge >= 0.3 is 0 Å². The summed E-state index contributed by atoms with van der Waals surface area (Å²) in [5, 5.41) is 22.7. The standard InChI is InChI=1S/C51H60F2N8O6/c1-67-44-27-43(40(53)26-38(44)47-51(15-9-32(28-54)10-16-51)50(66)61(47)41-4-2-3-39(52)46(41)63)59-19-13-34(14-20-59)30-57-23-21-56(22-24-57)29-33-11-17-58(18-12-33)36-5-6-37-35(25-36)31-60(49(37)65)42-7-8-45(62)55-48(42)64/h2-6,25-27,32-34,42,47,63H,7-24,29-31H2,1H3,(H,55,62,64)/t32?,42-,47-,51?/m0/s1. The van der Waals surface area contributed by atoms with Crippen molar-refractivity contribution < 1.29 is 37.8 Å². The number of hydrogen-bond acceptors (Lipinski definition) is 11. The number of nitriles is 1. The van der Waals surface area contributed by atoms with Crippen LogP contribution >= 0.6 is 0 Å². The normalized spacial score (nSPS) is 26.7. The van der Waals surface area contributed by atoms with Gasteiger partial charge in [0.05, 0.1) is 36.0 Å². The van der Waals surface area contributed by atoms with Crippen LogP contribution in [0.3, 0.4) is 0 Å². The van der Waals surface area contributed by atoms with Crippen molar-refractivity contribution in [2.45, 2.75) is 82.8 Å². The number of piperazine rings is 1. The molecule has 67 heavy (non-hydrogen) atoms. The van der Waals surface area contributed by atoms with Gasteiger partial charge in [-0.1, -0.05) is 6.07 Å². The fourth-order valence-electron chi connectivity index (χ4n) is 12.4. The minimum absolute atomic E-state index is 0.0351. The van der Waals surface area contributed by atoms with E-state index in [0.29, 0.717) is 86.1 Å². The second-order valence-electron chi connectivity index (χ2n) is 20.0. The molecule has 2 N–H and O–H groups in total. The summed E-state index contributed by atoms with van der Waals surface area (Å²) < 4.78 is 37.0. The number of para-hydroxylation sites is 1. The molecule has 7 aliphatic rings. The Balaban J connectivity index is 0.699. The highest BCUT2D eigenvalue weighted by molar-refractivity contribution is 6.08. The number of nitrogens with one attached hydrogen (secondary N) is 1. The predicted molar refractivity (Wildman–Crippen MR) is 246 cm³/mol. The first-order chi connectivity index (χ1) is 32.4. The van der Waals surface area contributed by atoms with Gasteiger partial charge in [0.2, 0.25) is 17.7 Å². The van der Waals surface area contributed by atoms with E-state index in [0.717, 1.165) is 95.4 Å². The zero-order chi connectivity index (χ0) is 46.6. The van der Waals surface area contributed by atoms with Gasteiger partial charge in [-0.3, -0.25) is 29.4 Å². The second-order valence-corrected chi connectivity index (χ2v) is 20.0. The highest BCUT2D eigenvalue weighted by Gasteiger charge is 2.63. The SMILES string of the molecule is COc1cc(N2CCC(CN3CCN(CC4CCN(c5ccc6c(c5)CN([C@H]5CCC(=O)NC5=O)C6=O)CC4)CC3)CC2)c(F)cc1[C@@H]1N(c2cccc(F)c2O)C(=O)C12CCC(C#N)CC2. The number of aromatic hydroxyl groups is 1. The molecule has 1 saturated carbocycles. The molecule has 14 nitrogen and oxygen atoms in total. The van der Waals surface area contributed by atoms with E-state index in [1.165, 1.54) is 30.2 Å². The summed E-state index contributed by atoms with van der Waals surface area (Å²) in [6.07, 6.45) is 6.60. The fraction of sp³-hybridized carbons (Fsp3) is 0.549. The van der Waals surface area contributed by atoms with E-state index in [-0.39, 0.29) is 35.7 Å². The summed E-state index contributed by atoms with van der Waals surface area (Å²) in [4.78, 5) is 64.0. The molecule has 2 atom stereocenters. The Hall–Kier alpha value is -5.79. The smallest absolute Gasteiger partial charge is 0.255 e. The van der Waals surface area contributed by atoms with E-state index in [4.69, 9.17) is 4.74 Å². The molecule has 6 fully saturated rings. The number of β-lactam (4-membered cyclic amide) rings is 1. The Kier molecular flexibility index (Phi) is 12.3. The lowest BCUT2D eigenvalue weighted by Crippen LogP contribution is -2.64. The minimum atomic E-state index is -0.918. The van der Waals surface area contributed by atoms with Crippen LogP contribution < -0.4 is 24.8 Å². The predicted octanol–water partition coefficient (Wildman–Crippen LogP) is 5.98. The number of halogens is 2. The third-order valence-corrected chi connectivity index (χ3v) is 16.2. The van der Waals surface area contributed by atoms with Crippen molar-refractivity contribution in [2.75, 3.05) is 87.3 Å². The molecule has 6 heterocycles. The zero-order valence-electron chi connectivity index (χ0n) is 38.2. The van der Waals surface area contributed by atoms with E-state index < -0.39 is 40.8 Å². The van der Waals surface area contributed by atoms with Crippen LogP contribution in [-0.2, 0) is 20.9 Å². The first-order valence-electron chi connectivity index (χ1n) is 24.2. The van der Waals surface area contributed by atoms with E-state index in [2.05, 4.69) is 37.1 Å². The van der Waals surface area contributed by atoms with Crippen molar-refractivity contribution >= 4 is 40.7 Å². The van der Waals surface area contributed by atoms with E-state index in [1.807, 2.05) is 12.1 Å². The van der Waals surface area contributed by atoms with Crippen LogP contribution in [0.4, 0.5) is 25.8 Å². The summed E-state index contributed by atoms with van der Waals surface area (Å²) >= 11 is 0. The molecule has 4 amide bonds. The first kappa shape index (κ1) is 45.0. The number of carbonyl (C=O) groups excluding carboxylic acids is 4. The number of nitrogens with zero attached hydrogens (tertiary/aromatic N) is 7. The number of ether oxygens (including phenoxy) is 1. The van der Waals surface area contributed by atoms with Crippen LogP contribution in [0.5, 0.6) is 11.5 Å². The van der Waals surface area contributed by atoms with Crippen molar-refractivity contribution in [3.63, 3.8) is 0 Å². The molecular weight excluding hydrogens is 859 g/mol. The topological polar surface area (TPSA) is 153 Å². The fourth-order valence-corrected chi connectivity index (χ4v) is 12.4. The first-order valence-corrected chi connectivity index (χ1v) is 24.2. The van der Waals surface area contributed by atoms with Gasteiger partial charge in [0.15, 0.2) is 11.6 Å². The summed E-state index contributed by atoms with van der Waals surface area (Å²) in [5.41, 5.74) is 2.73. The number of phenolic OH excluding ortho intramolecular Hbond substituents is 1. The van der Waals surface area contributed by atoms with Gasteiger partial charge in [-0.05, 0) is 112 Å². The Labute approximate surface area is 390 Å². The third-order valence-electron chi connectivity index (χ3n) is 16.2. The van der Waals surface area contributed by atoms with E-state index >= 15 is 4.39 Å². The number of benzene rings is 3. The van der Waals surface area contributed by atoms with Crippen LogP contribution in [0.15, 0.2) is 48.5 Å². The Morgan fingerprint density at radius 1 is 0.791 bits per heavy atom. The lowest BCUT2D eigenvalue weighted by molar-refractivity contribution is -0.144.